The Labute approximate surface area is 115 Å². The number of likely N-dealkylation sites (tertiary alicyclic amines) is 1. The van der Waals surface area contributed by atoms with E-state index in [2.05, 4.69) is 5.32 Å². The van der Waals surface area contributed by atoms with Gasteiger partial charge in [0.15, 0.2) is 0 Å². The number of carbonyl (C=O) groups is 2. The van der Waals surface area contributed by atoms with Crippen LogP contribution in [0.25, 0.3) is 0 Å². The van der Waals surface area contributed by atoms with E-state index in [4.69, 9.17) is 0 Å². The van der Waals surface area contributed by atoms with Crippen LogP contribution in [-0.4, -0.2) is 47.1 Å². The van der Waals surface area contributed by atoms with Gasteiger partial charge in [0, 0.05) is 37.4 Å². The van der Waals surface area contributed by atoms with Gasteiger partial charge in [-0.05, 0) is 13.3 Å². The second kappa shape index (κ2) is 5.90. The van der Waals surface area contributed by atoms with Crippen LogP contribution in [0.1, 0.15) is 41.0 Å². The molecule has 0 spiro atoms. The minimum absolute atomic E-state index is 0.0136. The largest absolute Gasteiger partial charge is 0.393 e. The first-order chi connectivity index (χ1) is 8.61. The maximum absolute atomic E-state index is 12.0. The summed E-state index contributed by atoms with van der Waals surface area (Å²) in [6, 6.07) is -0.0797. The number of hydrogen-bond donors (Lipinski definition) is 2. The predicted molar refractivity (Wildman–Crippen MR) is 73.4 cm³/mol. The minimum atomic E-state index is -0.476. The van der Waals surface area contributed by atoms with Crippen LogP contribution in [0.3, 0.4) is 0 Å². The van der Waals surface area contributed by atoms with Gasteiger partial charge < -0.3 is 15.3 Å². The molecular weight excluding hydrogens is 244 g/mol. The maximum Gasteiger partial charge on any atom is 0.225 e. The highest BCUT2D eigenvalue weighted by Crippen LogP contribution is 2.22. The summed E-state index contributed by atoms with van der Waals surface area (Å²) in [5.74, 6) is -0.0180. The summed E-state index contributed by atoms with van der Waals surface area (Å²) >= 11 is 0. The molecule has 0 aromatic carbocycles. The summed E-state index contributed by atoms with van der Waals surface area (Å²) < 4.78 is 0. The molecule has 5 heteroatoms. The summed E-state index contributed by atoms with van der Waals surface area (Å²) in [4.78, 5) is 25.2. The van der Waals surface area contributed by atoms with Crippen molar-refractivity contribution in [3.05, 3.63) is 0 Å². The first-order valence-electron chi connectivity index (χ1n) is 6.85. The number of nitrogens with one attached hydrogen (secondary N) is 1. The van der Waals surface area contributed by atoms with E-state index in [1.165, 1.54) is 6.92 Å². The van der Waals surface area contributed by atoms with Gasteiger partial charge in [-0.25, -0.2) is 0 Å². The van der Waals surface area contributed by atoms with E-state index in [0.29, 0.717) is 19.5 Å². The van der Waals surface area contributed by atoms with Crippen LogP contribution >= 0.6 is 0 Å². The van der Waals surface area contributed by atoms with Gasteiger partial charge >= 0.3 is 0 Å². The molecule has 2 amide bonds. The van der Waals surface area contributed by atoms with Gasteiger partial charge in [-0.1, -0.05) is 20.8 Å². The lowest BCUT2D eigenvalue weighted by molar-refractivity contribution is -0.135. The van der Waals surface area contributed by atoms with Crippen LogP contribution in [0.4, 0.5) is 0 Å². The fourth-order valence-corrected chi connectivity index (χ4v) is 2.25. The number of carbonyl (C=O) groups excluding carboxylic acids is 2. The fraction of sp³-hybridized carbons (Fsp3) is 0.857. The van der Waals surface area contributed by atoms with E-state index in [1.54, 1.807) is 11.8 Å². The first-order valence-corrected chi connectivity index (χ1v) is 6.85. The molecule has 3 unspecified atom stereocenters. The zero-order chi connectivity index (χ0) is 14.8. The normalized spacial score (nSPS) is 25.9. The van der Waals surface area contributed by atoms with Gasteiger partial charge in [0.1, 0.15) is 0 Å². The van der Waals surface area contributed by atoms with Crippen molar-refractivity contribution < 1.29 is 14.7 Å². The molecule has 0 aliphatic carbocycles. The Bertz CT molecular complexity index is 347. The Hall–Kier alpha value is -1.10. The van der Waals surface area contributed by atoms with E-state index in [1.807, 2.05) is 20.8 Å². The second-order valence-electron chi connectivity index (χ2n) is 6.58. The highest BCUT2D eigenvalue weighted by molar-refractivity contribution is 5.81. The summed E-state index contributed by atoms with van der Waals surface area (Å²) in [5, 5.41) is 12.7. The molecule has 19 heavy (non-hydrogen) atoms. The number of nitrogens with zero attached hydrogens (tertiary/aromatic N) is 1. The van der Waals surface area contributed by atoms with Crippen molar-refractivity contribution in [3.8, 4) is 0 Å². The average molecular weight is 270 g/mol. The third-order valence-corrected chi connectivity index (χ3v) is 3.63. The molecule has 0 aromatic heterocycles. The molecule has 1 fully saturated rings. The van der Waals surface area contributed by atoms with Crippen molar-refractivity contribution in [2.45, 2.75) is 53.2 Å². The standard InChI is InChI=1S/C14H26N2O3/c1-9(17)11-6-12(8-16(7-11)10(2)18)15-13(19)14(3,4)5/h9,11-12,17H,6-8H2,1-5H3,(H,15,19). The van der Waals surface area contributed by atoms with Gasteiger partial charge in [0.25, 0.3) is 0 Å². The Morgan fingerprint density at radius 2 is 1.89 bits per heavy atom. The van der Waals surface area contributed by atoms with E-state index < -0.39 is 11.5 Å². The molecule has 0 aromatic rings. The van der Waals surface area contributed by atoms with Crippen LogP contribution in [-0.2, 0) is 9.59 Å². The molecule has 3 atom stereocenters. The molecule has 110 valence electrons. The number of hydrogen-bond acceptors (Lipinski definition) is 3. The molecule has 0 bridgehead atoms. The molecule has 1 saturated heterocycles. The van der Waals surface area contributed by atoms with Crippen LogP contribution in [0.5, 0.6) is 0 Å². The predicted octanol–water partition coefficient (Wildman–Crippen LogP) is 0.766. The van der Waals surface area contributed by atoms with E-state index in [9.17, 15) is 14.7 Å². The molecule has 5 nitrogen and oxygen atoms in total. The average Bonchev–Trinajstić information content (AvgIpc) is 2.27. The number of amides is 2. The van der Waals surface area contributed by atoms with Crippen LogP contribution in [0.15, 0.2) is 0 Å². The van der Waals surface area contributed by atoms with Crippen molar-refractivity contribution in [1.82, 2.24) is 10.2 Å². The van der Waals surface area contributed by atoms with E-state index in [0.717, 1.165) is 0 Å². The lowest BCUT2D eigenvalue weighted by Gasteiger charge is -2.39. The number of aliphatic hydroxyl groups is 1. The zero-order valence-corrected chi connectivity index (χ0v) is 12.6. The van der Waals surface area contributed by atoms with Crippen molar-refractivity contribution in [2.24, 2.45) is 11.3 Å². The number of piperidine rings is 1. The Kier molecular flexibility index (Phi) is 4.96. The van der Waals surface area contributed by atoms with E-state index in [-0.39, 0.29) is 23.8 Å². The molecule has 0 radical (unpaired) electrons. The summed E-state index contributed by atoms with van der Waals surface area (Å²) in [6.45, 7) is 9.93. The molecule has 1 aliphatic heterocycles. The quantitative estimate of drug-likeness (QED) is 0.778. The van der Waals surface area contributed by atoms with Crippen molar-refractivity contribution >= 4 is 11.8 Å². The van der Waals surface area contributed by atoms with Gasteiger partial charge in [0.2, 0.25) is 11.8 Å². The molecule has 1 heterocycles. The lowest BCUT2D eigenvalue weighted by atomic mass is 9.88. The molecule has 1 aliphatic rings. The number of rotatable bonds is 2. The summed E-state index contributed by atoms with van der Waals surface area (Å²) in [6.07, 6.45) is 0.236. The molecule has 1 rings (SSSR count). The molecular formula is C14H26N2O3. The number of aliphatic hydroxyl groups excluding tert-OH is 1. The van der Waals surface area contributed by atoms with Crippen LogP contribution in [0, 0.1) is 11.3 Å². The topological polar surface area (TPSA) is 69.6 Å². The minimum Gasteiger partial charge on any atom is -0.393 e. The Balaban J connectivity index is 2.72. The van der Waals surface area contributed by atoms with Crippen molar-refractivity contribution in [1.29, 1.82) is 0 Å². The highest BCUT2D eigenvalue weighted by Gasteiger charge is 2.33. The Morgan fingerprint density at radius 3 is 2.32 bits per heavy atom. The fourth-order valence-electron chi connectivity index (χ4n) is 2.25. The van der Waals surface area contributed by atoms with Gasteiger partial charge in [-0.3, -0.25) is 9.59 Å². The van der Waals surface area contributed by atoms with Crippen molar-refractivity contribution in [2.75, 3.05) is 13.1 Å². The first kappa shape index (κ1) is 16.0. The summed E-state index contributed by atoms with van der Waals surface area (Å²) in [7, 11) is 0. The van der Waals surface area contributed by atoms with E-state index >= 15 is 0 Å². The Morgan fingerprint density at radius 1 is 1.32 bits per heavy atom. The van der Waals surface area contributed by atoms with Gasteiger partial charge in [0.05, 0.1) is 6.10 Å². The summed E-state index contributed by atoms with van der Waals surface area (Å²) in [5.41, 5.74) is -0.446. The third kappa shape index (κ3) is 4.49. The van der Waals surface area contributed by atoms with Gasteiger partial charge in [-0.2, -0.15) is 0 Å². The van der Waals surface area contributed by atoms with Crippen LogP contribution < -0.4 is 5.32 Å². The molecule has 0 saturated carbocycles. The third-order valence-electron chi connectivity index (χ3n) is 3.63. The van der Waals surface area contributed by atoms with Gasteiger partial charge in [-0.15, -0.1) is 0 Å². The SMILES string of the molecule is CC(=O)N1CC(NC(=O)C(C)(C)C)CC(C(C)O)C1. The monoisotopic (exact) mass is 270 g/mol. The maximum atomic E-state index is 12.0. The molecule has 2 N–H and O–H groups in total. The second-order valence-corrected chi connectivity index (χ2v) is 6.58. The van der Waals surface area contributed by atoms with Crippen molar-refractivity contribution in [3.63, 3.8) is 0 Å². The highest BCUT2D eigenvalue weighted by atomic mass is 16.3. The van der Waals surface area contributed by atoms with Crippen LogP contribution in [0.2, 0.25) is 0 Å². The smallest absolute Gasteiger partial charge is 0.225 e. The zero-order valence-electron chi connectivity index (χ0n) is 12.6. The lowest BCUT2D eigenvalue weighted by Crippen LogP contribution is -2.55.